The third kappa shape index (κ3) is 4.40. The molecule has 0 amide bonds. The Morgan fingerprint density at radius 3 is 2.39 bits per heavy atom. The maximum atomic E-state index is 13.6. The third-order valence-corrected chi connectivity index (χ3v) is 2.34. The highest BCUT2D eigenvalue weighted by Gasteiger charge is 2.19. The lowest BCUT2D eigenvalue weighted by Gasteiger charge is -2.23. The summed E-state index contributed by atoms with van der Waals surface area (Å²) in [4.78, 5) is 0. The van der Waals surface area contributed by atoms with Crippen LogP contribution in [0.2, 0.25) is 0 Å². The first-order valence-electron chi connectivity index (χ1n) is 5.39. The van der Waals surface area contributed by atoms with Crippen molar-refractivity contribution in [3.05, 3.63) is 29.3 Å². The van der Waals surface area contributed by atoms with Gasteiger partial charge in [0.05, 0.1) is 6.10 Å². The molecule has 0 heterocycles. The van der Waals surface area contributed by atoms with Crippen molar-refractivity contribution < 1.29 is 13.9 Å². The minimum Gasteiger partial charge on any atom is -0.394 e. The molecule has 0 bridgehead atoms. The van der Waals surface area contributed by atoms with Gasteiger partial charge in [-0.15, -0.1) is 12.4 Å². The van der Waals surface area contributed by atoms with E-state index in [4.69, 9.17) is 5.73 Å². The molecule has 1 aromatic carbocycles. The molecule has 104 valence electrons. The van der Waals surface area contributed by atoms with Crippen LogP contribution in [-0.4, -0.2) is 17.2 Å². The van der Waals surface area contributed by atoms with Crippen molar-refractivity contribution in [1.29, 1.82) is 0 Å². The zero-order chi connectivity index (χ0) is 13.2. The van der Waals surface area contributed by atoms with Crippen LogP contribution in [0.3, 0.4) is 0 Å². The van der Waals surface area contributed by atoms with Crippen LogP contribution in [0.4, 0.5) is 14.5 Å². The molecule has 3 nitrogen and oxygen atoms in total. The van der Waals surface area contributed by atoms with E-state index < -0.39 is 23.4 Å². The molecule has 0 aromatic heterocycles. The summed E-state index contributed by atoms with van der Waals surface area (Å²) in [6.45, 7) is 5.95. The average Bonchev–Trinajstić information content (AvgIpc) is 2.22. The average molecular weight is 281 g/mol. The van der Waals surface area contributed by atoms with Gasteiger partial charge in [0.2, 0.25) is 0 Å². The smallest absolute Gasteiger partial charge is 0.154 e. The summed E-state index contributed by atoms with van der Waals surface area (Å²) in [6.07, 6.45) is -1.06. The Labute approximate surface area is 112 Å². The highest BCUT2D eigenvalue weighted by atomic mass is 35.5. The van der Waals surface area contributed by atoms with Crippen LogP contribution < -0.4 is 11.1 Å². The van der Waals surface area contributed by atoms with Crippen molar-refractivity contribution in [2.24, 2.45) is 0 Å². The second kappa shape index (κ2) is 6.31. The third-order valence-electron chi connectivity index (χ3n) is 2.34. The molecule has 0 spiro atoms. The number of hydrogen-bond donors (Lipinski definition) is 3. The topological polar surface area (TPSA) is 58.3 Å². The number of aliphatic hydroxyl groups is 1. The molecule has 6 heteroatoms. The number of hydrogen-bond acceptors (Lipinski definition) is 3. The zero-order valence-corrected chi connectivity index (χ0v) is 11.4. The fourth-order valence-electron chi connectivity index (χ4n) is 1.36. The number of benzene rings is 1. The van der Waals surface area contributed by atoms with Crippen LogP contribution in [-0.2, 0) is 0 Å². The summed E-state index contributed by atoms with van der Waals surface area (Å²) >= 11 is 0. The van der Waals surface area contributed by atoms with Crippen molar-refractivity contribution >= 4 is 18.1 Å². The molecule has 4 N–H and O–H groups in total. The summed E-state index contributed by atoms with van der Waals surface area (Å²) in [6, 6.07) is 2.25. The number of aliphatic hydroxyl groups excluding tert-OH is 1. The normalized spacial score (nSPS) is 13.0. The Kier molecular flexibility index (Phi) is 5.99. The van der Waals surface area contributed by atoms with Gasteiger partial charge in [0.15, 0.2) is 5.82 Å². The van der Waals surface area contributed by atoms with Crippen LogP contribution in [0.25, 0.3) is 0 Å². The van der Waals surface area contributed by atoms with Gasteiger partial charge in [-0.05, 0) is 26.8 Å². The molecule has 0 aliphatic carbocycles. The molecular weight excluding hydrogens is 262 g/mol. The second-order valence-corrected chi connectivity index (χ2v) is 5.01. The zero-order valence-electron chi connectivity index (χ0n) is 10.6. The van der Waals surface area contributed by atoms with Gasteiger partial charge in [0, 0.05) is 17.6 Å². The summed E-state index contributed by atoms with van der Waals surface area (Å²) in [7, 11) is 0. The highest BCUT2D eigenvalue weighted by Crippen LogP contribution is 2.24. The first kappa shape index (κ1) is 17.1. The molecule has 0 fully saturated rings. The molecule has 1 atom stereocenters. The fraction of sp³-hybridized carbons (Fsp3) is 0.500. The number of rotatable bonds is 3. The summed E-state index contributed by atoms with van der Waals surface area (Å²) in [5.74, 6) is -1.71. The lowest BCUT2D eigenvalue weighted by atomic mass is 10.0. The quantitative estimate of drug-likeness (QED) is 0.745. The predicted molar refractivity (Wildman–Crippen MR) is 70.7 cm³/mol. The second-order valence-electron chi connectivity index (χ2n) is 5.01. The van der Waals surface area contributed by atoms with Gasteiger partial charge in [-0.2, -0.15) is 0 Å². The Morgan fingerprint density at radius 2 is 1.89 bits per heavy atom. The molecule has 0 radical (unpaired) electrons. The molecular formula is C12H19ClF2N2O. The van der Waals surface area contributed by atoms with Crippen LogP contribution in [0, 0.1) is 11.6 Å². The molecule has 1 rings (SSSR count). The minimum absolute atomic E-state index is 0. The van der Waals surface area contributed by atoms with Crippen molar-refractivity contribution in [3.63, 3.8) is 0 Å². The van der Waals surface area contributed by atoms with Crippen molar-refractivity contribution in [1.82, 2.24) is 5.32 Å². The van der Waals surface area contributed by atoms with Gasteiger partial charge >= 0.3 is 0 Å². The lowest BCUT2D eigenvalue weighted by molar-refractivity contribution is 0.159. The van der Waals surface area contributed by atoms with Gasteiger partial charge < -0.3 is 16.2 Å². The largest absolute Gasteiger partial charge is 0.394 e. The number of nitrogens with one attached hydrogen (secondary N) is 1. The van der Waals surface area contributed by atoms with E-state index >= 15 is 0 Å². The standard InChI is InChI=1S/C12H18F2N2O.ClH/c1-12(2,3)16-6-9(17)7-4-5-8(13)11(15)10(7)14;/h4-5,9,16-17H,6,15H2,1-3H3;1H. The van der Waals surface area contributed by atoms with Gasteiger partial charge in [-0.1, -0.05) is 6.07 Å². The Hall–Kier alpha value is -0.910. The van der Waals surface area contributed by atoms with Gasteiger partial charge in [0.25, 0.3) is 0 Å². The summed E-state index contributed by atoms with van der Waals surface area (Å²) < 4.78 is 26.5. The number of halogens is 3. The Balaban J connectivity index is 0.00000289. The molecule has 18 heavy (non-hydrogen) atoms. The highest BCUT2D eigenvalue weighted by molar-refractivity contribution is 5.85. The maximum absolute atomic E-state index is 13.6. The molecule has 0 saturated heterocycles. The predicted octanol–water partition coefficient (Wildman–Crippen LogP) is 2.39. The van der Waals surface area contributed by atoms with E-state index in [1.54, 1.807) is 0 Å². The first-order chi connectivity index (χ1) is 7.72. The van der Waals surface area contributed by atoms with Crippen molar-refractivity contribution in [2.45, 2.75) is 32.4 Å². The number of nitrogens with two attached hydrogens (primary N) is 1. The first-order valence-corrected chi connectivity index (χ1v) is 5.39. The van der Waals surface area contributed by atoms with E-state index in [0.29, 0.717) is 0 Å². The van der Waals surface area contributed by atoms with Gasteiger partial charge in [-0.3, -0.25) is 0 Å². The van der Waals surface area contributed by atoms with E-state index in [2.05, 4.69) is 5.32 Å². The SMILES string of the molecule is CC(C)(C)NCC(O)c1ccc(F)c(N)c1F.Cl. The van der Waals surface area contributed by atoms with Crippen molar-refractivity contribution in [2.75, 3.05) is 12.3 Å². The van der Waals surface area contributed by atoms with E-state index in [1.807, 2.05) is 20.8 Å². The van der Waals surface area contributed by atoms with E-state index in [1.165, 1.54) is 6.07 Å². The molecule has 0 aliphatic heterocycles. The molecule has 1 unspecified atom stereocenters. The van der Waals surface area contributed by atoms with E-state index in [0.717, 1.165) is 6.07 Å². The van der Waals surface area contributed by atoms with Gasteiger partial charge in [-0.25, -0.2) is 8.78 Å². The Bertz CT molecular complexity index is 408. The van der Waals surface area contributed by atoms with E-state index in [9.17, 15) is 13.9 Å². The summed E-state index contributed by atoms with van der Waals surface area (Å²) in [5, 5.41) is 12.8. The number of nitrogen functional groups attached to an aromatic ring is 1. The van der Waals surface area contributed by atoms with Crippen LogP contribution >= 0.6 is 12.4 Å². The molecule has 0 aliphatic rings. The maximum Gasteiger partial charge on any atom is 0.154 e. The van der Waals surface area contributed by atoms with Crippen LogP contribution in [0.15, 0.2) is 12.1 Å². The summed E-state index contributed by atoms with van der Waals surface area (Å²) in [5.41, 5.74) is 4.47. The fourth-order valence-corrected chi connectivity index (χ4v) is 1.36. The molecule has 1 aromatic rings. The lowest BCUT2D eigenvalue weighted by Crippen LogP contribution is -2.38. The number of anilines is 1. The van der Waals surface area contributed by atoms with Gasteiger partial charge in [0.1, 0.15) is 11.5 Å². The van der Waals surface area contributed by atoms with Crippen molar-refractivity contribution in [3.8, 4) is 0 Å². The minimum atomic E-state index is -1.06. The molecule has 0 saturated carbocycles. The number of β-amino-alcohol motifs (C(OH)–C–C–N with tert-alkyl or cyclic N) is 1. The van der Waals surface area contributed by atoms with Crippen LogP contribution in [0.5, 0.6) is 0 Å². The monoisotopic (exact) mass is 280 g/mol. The Morgan fingerprint density at radius 1 is 1.33 bits per heavy atom. The van der Waals surface area contributed by atoms with Crippen LogP contribution in [0.1, 0.15) is 32.4 Å². The van der Waals surface area contributed by atoms with E-state index in [-0.39, 0.29) is 30.1 Å².